The van der Waals surface area contributed by atoms with Crippen molar-refractivity contribution in [1.29, 1.82) is 0 Å². The van der Waals surface area contributed by atoms with Crippen molar-refractivity contribution in [3.63, 3.8) is 0 Å². The maximum Gasteiger partial charge on any atom is 0.319 e. The summed E-state index contributed by atoms with van der Waals surface area (Å²) in [6.07, 6.45) is 8.94. The van der Waals surface area contributed by atoms with Crippen LogP contribution in [0.25, 0.3) is 0 Å². The molecule has 1 aromatic heterocycles. The highest BCUT2D eigenvalue weighted by molar-refractivity contribution is 5.83. The van der Waals surface area contributed by atoms with Crippen molar-refractivity contribution < 1.29 is 9.53 Å². The zero-order valence-electron chi connectivity index (χ0n) is 13.1. The van der Waals surface area contributed by atoms with Gasteiger partial charge in [-0.25, -0.2) is 4.98 Å². The highest BCUT2D eigenvalue weighted by Gasteiger charge is 2.51. The number of rotatable bonds is 4. The van der Waals surface area contributed by atoms with Crippen molar-refractivity contribution in [3.8, 4) is 0 Å². The molecule has 5 heteroatoms. The quantitative estimate of drug-likeness (QED) is 0.800. The number of hydrogen-bond donors (Lipinski definition) is 0. The summed E-state index contributed by atoms with van der Waals surface area (Å²) in [7, 11) is 1.91. The number of esters is 1. The normalized spacial score (nSPS) is 21.8. The number of carbonyl (C=O) groups is 1. The van der Waals surface area contributed by atoms with Crippen LogP contribution in [0.3, 0.4) is 0 Å². The van der Waals surface area contributed by atoms with Gasteiger partial charge in [0.05, 0.1) is 6.61 Å². The molecular weight excluding hydrogens is 266 g/mol. The van der Waals surface area contributed by atoms with Crippen LogP contribution in [-0.4, -0.2) is 27.3 Å². The summed E-state index contributed by atoms with van der Waals surface area (Å²) in [6, 6.07) is 0. The first-order valence-electron chi connectivity index (χ1n) is 8.26. The molecule has 0 saturated heterocycles. The Hall–Kier alpha value is -1.39. The molecule has 1 heterocycles. The molecule has 3 rings (SSSR count). The Labute approximate surface area is 126 Å². The number of nitrogens with zero attached hydrogens (tertiary/aromatic N) is 3. The molecule has 0 bridgehead atoms. The van der Waals surface area contributed by atoms with Crippen molar-refractivity contribution in [2.24, 2.45) is 7.05 Å². The van der Waals surface area contributed by atoms with Crippen LogP contribution < -0.4 is 0 Å². The summed E-state index contributed by atoms with van der Waals surface area (Å²) in [5, 5.41) is 4.62. The van der Waals surface area contributed by atoms with Gasteiger partial charge in [-0.05, 0) is 32.6 Å². The highest BCUT2D eigenvalue weighted by atomic mass is 16.5. The number of carbonyl (C=O) groups excluding carboxylic acids is 1. The molecule has 0 atom stereocenters. The minimum absolute atomic E-state index is 0.123. The van der Waals surface area contributed by atoms with Gasteiger partial charge in [-0.2, -0.15) is 5.10 Å². The second kappa shape index (κ2) is 5.78. The lowest BCUT2D eigenvalue weighted by Crippen LogP contribution is -2.45. The molecule has 0 amide bonds. The maximum atomic E-state index is 12.4. The Morgan fingerprint density at radius 2 is 2.00 bits per heavy atom. The fraction of sp³-hybridized carbons (Fsp3) is 0.812. The van der Waals surface area contributed by atoms with Crippen molar-refractivity contribution in [2.75, 3.05) is 6.61 Å². The lowest BCUT2D eigenvalue weighted by atomic mass is 9.68. The van der Waals surface area contributed by atoms with Crippen molar-refractivity contribution in [1.82, 2.24) is 14.8 Å². The van der Waals surface area contributed by atoms with Gasteiger partial charge in [-0.1, -0.05) is 25.7 Å². The van der Waals surface area contributed by atoms with Crippen LogP contribution in [0.5, 0.6) is 0 Å². The van der Waals surface area contributed by atoms with Crippen LogP contribution >= 0.6 is 0 Å². The van der Waals surface area contributed by atoms with E-state index in [0.29, 0.717) is 12.5 Å². The van der Waals surface area contributed by atoms with Gasteiger partial charge in [-0.15, -0.1) is 0 Å². The average Bonchev–Trinajstić information content (AvgIpc) is 2.82. The first-order chi connectivity index (χ1) is 10.2. The smallest absolute Gasteiger partial charge is 0.319 e. The van der Waals surface area contributed by atoms with E-state index >= 15 is 0 Å². The molecule has 1 aromatic rings. The topological polar surface area (TPSA) is 57.0 Å². The molecule has 2 aliphatic rings. The summed E-state index contributed by atoms with van der Waals surface area (Å²) in [5.74, 6) is 2.09. The predicted molar refractivity (Wildman–Crippen MR) is 79.0 cm³/mol. The fourth-order valence-electron chi connectivity index (χ4n) is 3.67. The molecule has 0 aliphatic heterocycles. The monoisotopic (exact) mass is 291 g/mol. The van der Waals surface area contributed by atoms with Crippen molar-refractivity contribution in [3.05, 3.63) is 11.6 Å². The summed E-state index contributed by atoms with van der Waals surface area (Å²) in [5.41, 5.74) is -0.537. The van der Waals surface area contributed by atoms with E-state index in [9.17, 15) is 4.79 Å². The van der Waals surface area contributed by atoms with Crippen LogP contribution in [0.2, 0.25) is 0 Å². The molecule has 2 saturated carbocycles. The second-order valence-electron chi connectivity index (χ2n) is 6.41. The Kier molecular flexibility index (Phi) is 4.00. The molecule has 2 aliphatic carbocycles. The zero-order chi connectivity index (χ0) is 14.9. The number of aryl methyl sites for hydroxylation is 1. The standard InChI is InChI=1S/C16H25N3O2/c1-3-21-15(20)16(10-7-11-16)14-17-13(18-19(14)2)12-8-5-4-6-9-12/h12H,3-11H2,1-2H3. The zero-order valence-corrected chi connectivity index (χ0v) is 13.1. The Bertz CT molecular complexity index is 514. The van der Waals surface area contributed by atoms with E-state index in [2.05, 4.69) is 5.10 Å². The molecule has 0 spiro atoms. The minimum Gasteiger partial charge on any atom is -0.465 e. The SMILES string of the molecule is CCOC(=O)C1(c2nc(C3CCCCC3)nn2C)CCC1. The minimum atomic E-state index is -0.537. The van der Waals surface area contributed by atoms with E-state index < -0.39 is 5.41 Å². The van der Waals surface area contributed by atoms with Crippen molar-refractivity contribution >= 4 is 5.97 Å². The van der Waals surface area contributed by atoms with Crippen LogP contribution in [0.4, 0.5) is 0 Å². The molecule has 0 unspecified atom stereocenters. The lowest BCUT2D eigenvalue weighted by Gasteiger charge is -2.37. The molecule has 5 nitrogen and oxygen atoms in total. The van der Waals surface area contributed by atoms with E-state index in [1.165, 1.54) is 32.1 Å². The van der Waals surface area contributed by atoms with Gasteiger partial charge in [0.2, 0.25) is 0 Å². The lowest BCUT2D eigenvalue weighted by molar-refractivity contribution is -0.154. The van der Waals surface area contributed by atoms with Gasteiger partial charge in [0, 0.05) is 13.0 Å². The van der Waals surface area contributed by atoms with Crippen LogP contribution in [0.15, 0.2) is 0 Å². The van der Waals surface area contributed by atoms with E-state index in [0.717, 1.165) is 30.9 Å². The first-order valence-corrected chi connectivity index (χ1v) is 8.26. The first kappa shape index (κ1) is 14.5. The van der Waals surface area contributed by atoms with Gasteiger partial charge in [0.15, 0.2) is 5.82 Å². The van der Waals surface area contributed by atoms with E-state index in [1.807, 2.05) is 18.7 Å². The number of ether oxygens (including phenoxy) is 1. The Balaban J connectivity index is 1.87. The van der Waals surface area contributed by atoms with E-state index in [-0.39, 0.29) is 5.97 Å². The van der Waals surface area contributed by atoms with Gasteiger partial charge < -0.3 is 4.74 Å². The third-order valence-electron chi connectivity index (χ3n) is 5.05. The van der Waals surface area contributed by atoms with Gasteiger partial charge in [0.1, 0.15) is 11.2 Å². The fourth-order valence-corrected chi connectivity index (χ4v) is 3.67. The van der Waals surface area contributed by atoms with Gasteiger partial charge >= 0.3 is 5.97 Å². The molecular formula is C16H25N3O2. The molecule has 0 aromatic carbocycles. The number of hydrogen-bond acceptors (Lipinski definition) is 4. The summed E-state index contributed by atoms with van der Waals surface area (Å²) in [4.78, 5) is 17.2. The number of aromatic nitrogens is 3. The molecule has 2 fully saturated rings. The average molecular weight is 291 g/mol. The van der Waals surface area contributed by atoms with Gasteiger partial charge in [-0.3, -0.25) is 9.48 Å². The summed E-state index contributed by atoms with van der Waals surface area (Å²) in [6.45, 7) is 2.28. The molecule has 21 heavy (non-hydrogen) atoms. The summed E-state index contributed by atoms with van der Waals surface area (Å²) < 4.78 is 7.11. The van der Waals surface area contributed by atoms with Crippen LogP contribution in [0.1, 0.15) is 75.9 Å². The molecule has 0 N–H and O–H groups in total. The predicted octanol–water partition coefficient (Wildman–Crippen LogP) is 2.85. The molecule has 0 radical (unpaired) electrons. The van der Waals surface area contributed by atoms with Gasteiger partial charge in [0.25, 0.3) is 0 Å². The highest BCUT2D eigenvalue weighted by Crippen LogP contribution is 2.44. The third-order valence-corrected chi connectivity index (χ3v) is 5.05. The van der Waals surface area contributed by atoms with E-state index in [4.69, 9.17) is 9.72 Å². The second-order valence-corrected chi connectivity index (χ2v) is 6.41. The summed E-state index contributed by atoms with van der Waals surface area (Å²) >= 11 is 0. The van der Waals surface area contributed by atoms with Crippen molar-refractivity contribution in [2.45, 2.75) is 69.6 Å². The Morgan fingerprint density at radius 3 is 2.57 bits per heavy atom. The third kappa shape index (κ3) is 2.47. The van der Waals surface area contributed by atoms with Crippen LogP contribution in [0, 0.1) is 0 Å². The Morgan fingerprint density at radius 1 is 1.29 bits per heavy atom. The van der Waals surface area contributed by atoms with Crippen LogP contribution in [-0.2, 0) is 22.0 Å². The largest absolute Gasteiger partial charge is 0.465 e. The maximum absolute atomic E-state index is 12.4. The van der Waals surface area contributed by atoms with E-state index in [1.54, 1.807) is 0 Å². The molecule has 116 valence electrons.